The SMILES string of the molecule is [C-]#[N+]c1ccc(-c2ccc(C#N)c(-c3cccc(-n4c5ccccc5c5cc(C#N)ccc54)c3)c2)c(-n2c3ccccc3c3ccccc32)c1. The van der Waals surface area contributed by atoms with Crippen molar-refractivity contribution in [2.45, 2.75) is 0 Å². The number of para-hydroxylation sites is 3. The van der Waals surface area contributed by atoms with Gasteiger partial charge in [0.15, 0.2) is 5.69 Å². The third kappa shape index (κ3) is 4.38. The fraction of sp³-hybridized carbons (Fsp3) is 0. The molecule has 0 unspecified atom stereocenters. The first-order chi connectivity index (χ1) is 24.7. The van der Waals surface area contributed by atoms with Gasteiger partial charge >= 0.3 is 0 Å². The lowest BCUT2D eigenvalue weighted by molar-refractivity contribution is 1.18. The maximum atomic E-state index is 10.3. The standard InChI is InChI=1S/C45H25N5/c1-48-33-20-21-35(45(26-33)50-42-15-6-2-11-36(42)37-12-3-7-16-43(37)50)31-18-19-32(28-47)39(25-31)30-9-8-10-34(24-30)49-41-14-5-4-13-38(41)40-23-29(27-46)17-22-44(40)49/h2-26H. The zero-order valence-corrected chi connectivity index (χ0v) is 26.7. The van der Waals surface area contributed by atoms with Gasteiger partial charge in [-0.05, 0) is 77.9 Å². The molecule has 7 aromatic carbocycles. The average Bonchev–Trinajstić information content (AvgIpc) is 3.70. The predicted octanol–water partition coefficient (Wildman–Crippen LogP) is 11.5. The van der Waals surface area contributed by atoms with Crippen LogP contribution in [0.3, 0.4) is 0 Å². The minimum atomic E-state index is 0.556. The molecule has 0 amide bonds. The Hall–Kier alpha value is -7.39. The van der Waals surface area contributed by atoms with Crippen LogP contribution in [0.4, 0.5) is 5.69 Å². The van der Waals surface area contributed by atoms with E-state index in [1.165, 1.54) is 0 Å². The number of hydrogen-bond acceptors (Lipinski definition) is 2. The van der Waals surface area contributed by atoms with E-state index in [1.54, 1.807) is 0 Å². The summed E-state index contributed by atoms with van der Waals surface area (Å²) in [5.74, 6) is 0. The molecule has 0 saturated carbocycles. The van der Waals surface area contributed by atoms with E-state index in [9.17, 15) is 10.5 Å². The van der Waals surface area contributed by atoms with Gasteiger partial charge in [-0.2, -0.15) is 10.5 Å². The van der Waals surface area contributed by atoms with Crippen LogP contribution < -0.4 is 0 Å². The number of nitrogens with zero attached hydrogens (tertiary/aromatic N) is 5. The van der Waals surface area contributed by atoms with E-state index in [4.69, 9.17) is 6.57 Å². The quantitative estimate of drug-likeness (QED) is 0.181. The molecular weight excluding hydrogens is 611 g/mol. The largest absolute Gasteiger partial charge is 0.310 e. The molecule has 0 radical (unpaired) electrons. The molecule has 0 aliphatic heterocycles. The number of fused-ring (bicyclic) bond motifs is 6. The second kappa shape index (κ2) is 11.4. The highest BCUT2D eigenvalue weighted by Crippen LogP contribution is 2.40. The van der Waals surface area contributed by atoms with E-state index in [0.717, 1.165) is 77.2 Å². The van der Waals surface area contributed by atoms with E-state index >= 15 is 0 Å². The van der Waals surface area contributed by atoms with E-state index in [2.05, 4.69) is 92.8 Å². The molecule has 0 N–H and O–H groups in total. The summed E-state index contributed by atoms with van der Waals surface area (Å²) in [7, 11) is 0. The molecular formula is C45H25N5. The van der Waals surface area contributed by atoms with Crippen LogP contribution in [0.2, 0.25) is 0 Å². The Balaban J connectivity index is 1.25. The number of benzene rings is 7. The average molecular weight is 636 g/mol. The third-order valence-electron chi connectivity index (χ3n) is 9.60. The molecule has 230 valence electrons. The molecule has 5 nitrogen and oxygen atoms in total. The molecule has 9 aromatic rings. The lowest BCUT2D eigenvalue weighted by Crippen LogP contribution is -1.98. The molecule has 0 spiro atoms. The van der Waals surface area contributed by atoms with Gasteiger partial charge < -0.3 is 9.13 Å². The Labute approximate surface area is 288 Å². The van der Waals surface area contributed by atoms with E-state index in [0.29, 0.717) is 16.8 Å². The van der Waals surface area contributed by atoms with E-state index in [-0.39, 0.29) is 0 Å². The van der Waals surface area contributed by atoms with Crippen LogP contribution >= 0.6 is 0 Å². The topological polar surface area (TPSA) is 61.8 Å². The summed E-state index contributed by atoms with van der Waals surface area (Å²) in [6.45, 7) is 7.83. The van der Waals surface area contributed by atoms with Crippen LogP contribution in [-0.2, 0) is 0 Å². The van der Waals surface area contributed by atoms with Crippen molar-refractivity contribution >= 4 is 49.3 Å². The lowest BCUT2D eigenvalue weighted by Gasteiger charge is -2.16. The number of rotatable bonds is 4. The summed E-state index contributed by atoms with van der Waals surface area (Å²) in [5, 5.41) is 24.3. The first-order valence-corrected chi connectivity index (χ1v) is 16.3. The third-order valence-corrected chi connectivity index (χ3v) is 9.60. The number of nitriles is 2. The second-order valence-corrected chi connectivity index (χ2v) is 12.3. The molecule has 0 bridgehead atoms. The highest BCUT2D eigenvalue weighted by atomic mass is 15.0. The maximum Gasteiger partial charge on any atom is 0.189 e. The van der Waals surface area contributed by atoms with Crippen LogP contribution in [0.25, 0.3) is 82.1 Å². The monoisotopic (exact) mass is 635 g/mol. The number of aromatic nitrogens is 2. The van der Waals surface area contributed by atoms with Crippen LogP contribution in [-0.4, -0.2) is 9.13 Å². The zero-order chi connectivity index (χ0) is 33.8. The van der Waals surface area contributed by atoms with Gasteiger partial charge in [-0.3, -0.25) is 0 Å². The van der Waals surface area contributed by atoms with E-state index in [1.807, 2.05) is 84.9 Å². The lowest BCUT2D eigenvalue weighted by atomic mass is 9.93. The van der Waals surface area contributed by atoms with Crippen LogP contribution in [0.5, 0.6) is 0 Å². The van der Waals surface area contributed by atoms with Crippen LogP contribution in [0, 0.1) is 29.2 Å². The Kier molecular flexibility index (Phi) is 6.56. The Morgan fingerprint density at radius 2 is 1.12 bits per heavy atom. The summed E-state index contributed by atoms with van der Waals surface area (Å²) in [6, 6.07) is 55.5. The van der Waals surface area contributed by atoms with Gasteiger partial charge in [-0.1, -0.05) is 84.9 Å². The van der Waals surface area contributed by atoms with Crippen molar-refractivity contribution in [2.75, 3.05) is 0 Å². The van der Waals surface area contributed by atoms with Gasteiger partial charge in [-0.25, -0.2) is 4.85 Å². The van der Waals surface area contributed by atoms with Crippen LogP contribution in [0.1, 0.15) is 11.1 Å². The van der Waals surface area contributed by atoms with Gasteiger partial charge in [0.25, 0.3) is 0 Å². The first kappa shape index (κ1) is 28.8. The molecule has 9 rings (SSSR count). The van der Waals surface area contributed by atoms with E-state index < -0.39 is 0 Å². The Morgan fingerprint density at radius 1 is 0.480 bits per heavy atom. The summed E-state index contributed by atoms with van der Waals surface area (Å²) in [6.07, 6.45) is 0. The van der Waals surface area contributed by atoms with Gasteiger partial charge in [-0.15, -0.1) is 0 Å². The van der Waals surface area contributed by atoms with Crippen molar-refractivity contribution in [2.24, 2.45) is 0 Å². The molecule has 0 atom stereocenters. The molecule has 0 aliphatic carbocycles. The molecule has 2 heterocycles. The minimum absolute atomic E-state index is 0.556. The Morgan fingerprint density at radius 3 is 1.80 bits per heavy atom. The molecule has 0 fully saturated rings. The van der Waals surface area contributed by atoms with Crippen molar-refractivity contribution < 1.29 is 0 Å². The predicted molar refractivity (Wildman–Crippen MR) is 202 cm³/mol. The summed E-state index contributed by atoms with van der Waals surface area (Å²) in [5.41, 5.74) is 11.4. The highest BCUT2D eigenvalue weighted by Gasteiger charge is 2.18. The minimum Gasteiger partial charge on any atom is -0.310 e. The van der Waals surface area contributed by atoms with Crippen molar-refractivity contribution in [3.63, 3.8) is 0 Å². The van der Waals surface area contributed by atoms with Crippen molar-refractivity contribution in [3.8, 4) is 45.8 Å². The van der Waals surface area contributed by atoms with Crippen molar-refractivity contribution in [1.82, 2.24) is 9.13 Å². The second-order valence-electron chi connectivity index (χ2n) is 12.3. The molecule has 50 heavy (non-hydrogen) atoms. The molecule has 2 aromatic heterocycles. The fourth-order valence-electron chi connectivity index (χ4n) is 7.38. The molecule has 0 saturated heterocycles. The maximum absolute atomic E-state index is 10.3. The van der Waals surface area contributed by atoms with Gasteiger partial charge in [0.2, 0.25) is 0 Å². The van der Waals surface area contributed by atoms with Crippen molar-refractivity contribution in [1.29, 1.82) is 10.5 Å². The molecule has 5 heteroatoms. The van der Waals surface area contributed by atoms with Gasteiger partial charge in [0.05, 0.1) is 51.9 Å². The summed E-state index contributed by atoms with van der Waals surface area (Å²) >= 11 is 0. The van der Waals surface area contributed by atoms with Crippen LogP contribution in [0.15, 0.2) is 152 Å². The van der Waals surface area contributed by atoms with Crippen molar-refractivity contribution in [3.05, 3.63) is 174 Å². The van der Waals surface area contributed by atoms with Gasteiger partial charge in [0, 0.05) is 44.0 Å². The van der Waals surface area contributed by atoms with Gasteiger partial charge in [0.1, 0.15) is 0 Å². The molecule has 0 aliphatic rings. The Bertz CT molecular complexity index is 2920. The fourth-order valence-corrected chi connectivity index (χ4v) is 7.38. The summed E-state index contributed by atoms with van der Waals surface area (Å²) in [4.78, 5) is 3.79. The smallest absolute Gasteiger partial charge is 0.189 e. The number of hydrogen-bond donors (Lipinski definition) is 0. The zero-order valence-electron chi connectivity index (χ0n) is 26.7. The highest BCUT2D eigenvalue weighted by molar-refractivity contribution is 6.11. The normalized spacial score (nSPS) is 11.1. The first-order valence-electron chi connectivity index (χ1n) is 16.3. The summed E-state index contributed by atoms with van der Waals surface area (Å²) < 4.78 is 4.46.